The monoisotopic (exact) mass is 536 g/mol. The van der Waals surface area contributed by atoms with E-state index >= 15 is 0 Å². The third-order valence-electron chi connectivity index (χ3n) is 7.02. The molecule has 0 aromatic rings. The summed E-state index contributed by atoms with van der Waals surface area (Å²) in [4.78, 5) is 11.7. The van der Waals surface area contributed by atoms with Crippen LogP contribution in [0.3, 0.4) is 0 Å². The fourth-order valence-electron chi connectivity index (χ4n) is 4.81. The van der Waals surface area contributed by atoms with Crippen molar-refractivity contribution in [1.29, 1.82) is 0 Å². The lowest BCUT2D eigenvalue weighted by molar-refractivity contribution is -0.315. The summed E-state index contributed by atoms with van der Waals surface area (Å²) in [5.74, 6) is -0.533. The maximum atomic E-state index is 11.7. The molecule has 37 heavy (non-hydrogen) atoms. The van der Waals surface area contributed by atoms with E-state index in [2.05, 4.69) is 6.92 Å². The molecule has 2 heterocycles. The molecule has 14 N–H and O–H groups in total. The number of nitrogens with two attached hydrogens (primary N) is 5. The van der Waals surface area contributed by atoms with E-state index in [0.717, 1.165) is 0 Å². The number of esters is 1. The normalized spacial score (nSPS) is 47.0. The van der Waals surface area contributed by atoms with Gasteiger partial charge in [0.25, 0.3) is 0 Å². The topological polar surface area (TPSA) is 274 Å². The highest BCUT2D eigenvalue weighted by atomic mass is 16.7. The number of carbonyl (C=O) groups excluding carboxylic acids is 1. The van der Waals surface area contributed by atoms with Crippen molar-refractivity contribution in [3.05, 3.63) is 6.92 Å². The quantitative estimate of drug-likeness (QED) is 0.125. The molecule has 0 spiro atoms. The lowest BCUT2D eigenvalue weighted by Gasteiger charge is -2.47. The van der Waals surface area contributed by atoms with Gasteiger partial charge in [0.2, 0.25) is 0 Å². The molecule has 3 aliphatic rings. The molecular weight excluding hydrogens is 494 g/mol. The molecule has 2 aliphatic heterocycles. The number of carbonyl (C=O) groups is 1. The Bertz CT molecular complexity index is 740. The maximum Gasteiger partial charge on any atom is 0.305 e. The van der Waals surface area contributed by atoms with Crippen LogP contribution >= 0.6 is 0 Å². The summed E-state index contributed by atoms with van der Waals surface area (Å²) in [6, 6.07) is -3.40. The molecule has 2 saturated heterocycles. The first kappa shape index (κ1) is 30.5. The Balaban J connectivity index is 1.68. The fourth-order valence-corrected chi connectivity index (χ4v) is 4.81. The molecule has 3 rings (SSSR count). The molecule has 1 radical (unpaired) electrons. The van der Waals surface area contributed by atoms with Crippen molar-refractivity contribution in [2.24, 2.45) is 28.7 Å². The van der Waals surface area contributed by atoms with Crippen LogP contribution in [0.25, 0.3) is 0 Å². The molecular formula is C22H42N5O10. The average molecular weight is 537 g/mol. The van der Waals surface area contributed by atoms with E-state index in [0.29, 0.717) is 6.42 Å². The zero-order valence-corrected chi connectivity index (χ0v) is 20.7. The van der Waals surface area contributed by atoms with Crippen molar-refractivity contribution in [3.8, 4) is 0 Å². The van der Waals surface area contributed by atoms with Gasteiger partial charge in [-0.15, -0.1) is 0 Å². The van der Waals surface area contributed by atoms with Crippen molar-refractivity contribution in [2.45, 2.75) is 111 Å². The van der Waals surface area contributed by atoms with Gasteiger partial charge in [0, 0.05) is 25.0 Å². The third-order valence-corrected chi connectivity index (χ3v) is 7.02. The molecule has 0 unspecified atom stereocenters. The second-order valence-electron chi connectivity index (χ2n) is 9.89. The first-order chi connectivity index (χ1) is 17.5. The Labute approximate surface area is 215 Å². The van der Waals surface area contributed by atoms with Crippen molar-refractivity contribution >= 4 is 5.97 Å². The summed E-state index contributed by atoms with van der Waals surface area (Å²) < 4.78 is 28.2. The standard InChI is InChI=1S/C22H42N5O10/c1-2-3-14(29)33-7-13-16(30)15(27)17(31)22(35-13)37-20-9(25)4-8(24)19(18(20)32)36-21-10(26)5-11(28)12(6-23)34-21/h8-13,15-22,28,30-32H,1-7,23-27H2/t8-,9+,10+,11-,12+,13+,15-,16+,17+,18+,19+,20-,21+,22-/m0/s1. The highest BCUT2D eigenvalue weighted by molar-refractivity contribution is 5.69. The van der Waals surface area contributed by atoms with Crippen LogP contribution in [0.15, 0.2) is 0 Å². The molecule has 1 aliphatic carbocycles. The molecule has 0 bridgehead atoms. The van der Waals surface area contributed by atoms with E-state index < -0.39 is 91.5 Å². The van der Waals surface area contributed by atoms with Crippen molar-refractivity contribution in [1.82, 2.24) is 0 Å². The largest absolute Gasteiger partial charge is 0.463 e. The Hall–Kier alpha value is -1.05. The number of rotatable bonds is 9. The summed E-state index contributed by atoms with van der Waals surface area (Å²) in [5.41, 5.74) is 30.1. The minimum absolute atomic E-state index is 0.0401. The van der Waals surface area contributed by atoms with E-state index in [4.69, 9.17) is 52.4 Å². The second kappa shape index (κ2) is 13.3. The number of hydrogen-bond acceptors (Lipinski definition) is 15. The molecule has 0 aromatic heterocycles. The zero-order chi connectivity index (χ0) is 27.4. The van der Waals surface area contributed by atoms with Gasteiger partial charge in [0.15, 0.2) is 12.6 Å². The van der Waals surface area contributed by atoms with Gasteiger partial charge in [-0.3, -0.25) is 4.79 Å². The molecule has 15 nitrogen and oxygen atoms in total. The first-order valence-corrected chi connectivity index (χ1v) is 12.5. The average Bonchev–Trinajstić information content (AvgIpc) is 2.84. The van der Waals surface area contributed by atoms with E-state index in [1.54, 1.807) is 0 Å². The minimum atomic E-state index is -1.49. The number of aliphatic hydroxyl groups is 4. The Morgan fingerprint density at radius 2 is 1.43 bits per heavy atom. The van der Waals surface area contributed by atoms with Crippen molar-refractivity contribution in [2.75, 3.05) is 13.2 Å². The van der Waals surface area contributed by atoms with Crippen LogP contribution in [-0.4, -0.2) is 125 Å². The molecule has 0 aromatic carbocycles. The van der Waals surface area contributed by atoms with Crippen LogP contribution in [0.5, 0.6) is 0 Å². The van der Waals surface area contributed by atoms with Crippen molar-refractivity contribution < 1.29 is 48.9 Å². The van der Waals surface area contributed by atoms with E-state index in [1.165, 1.54) is 0 Å². The smallest absolute Gasteiger partial charge is 0.305 e. The van der Waals surface area contributed by atoms with Gasteiger partial charge in [-0.2, -0.15) is 0 Å². The first-order valence-electron chi connectivity index (χ1n) is 12.5. The summed E-state index contributed by atoms with van der Waals surface area (Å²) in [6.45, 7) is 3.28. The Morgan fingerprint density at radius 1 is 0.838 bits per heavy atom. The molecule has 1 saturated carbocycles. The van der Waals surface area contributed by atoms with Crippen LogP contribution in [-0.2, 0) is 28.5 Å². The summed E-state index contributed by atoms with van der Waals surface area (Å²) >= 11 is 0. The zero-order valence-electron chi connectivity index (χ0n) is 20.7. The van der Waals surface area contributed by atoms with Gasteiger partial charge in [0.1, 0.15) is 43.2 Å². The predicted molar refractivity (Wildman–Crippen MR) is 127 cm³/mol. The summed E-state index contributed by atoms with van der Waals surface area (Å²) in [6.07, 6.45) is -10.7. The third kappa shape index (κ3) is 7.13. The van der Waals surface area contributed by atoms with Crippen LogP contribution < -0.4 is 28.7 Å². The lowest BCUT2D eigenvalue weighted by Crippen LogP contribution is -2.68. The van der Waals surface area contributed by atoms with Crippen molar-refractivity contribution in [3.63, 3.8) is 0 Å². The van der Waals surface area contributed by atoms with Gasteiger partial charge >= 0.3 is 5.97 Å². The molecule has 14 atom stereocenters. The number of hydrogen-bond donors (Lipinski definition) is 9. The van der Waals surface area contributed by atoms with Gasteiger partial charge in [0.05, 0.1) is 24.3 Å². The molecule has 0 amide bonds. The molecule has 215 valence electrons. The van der Waals surface area contributed by atoms with E-state index in [-0.39, 0.29) is 32.4 Å². The van der Waals surface area contributed by atoms with Gasteiger partial charge in [-0.25, -0.2) is 0 Å². The Morgan fingerprint density at radius 3 is 2.03 bits per heavy atom. The fraction of sp³-hybridized carbons (Fsp3) is 0.909. The van der Waals surface area contributed by atoms with Crippen LogP contribution in [0, 0.1) is 6.92 Å². The Kier molecular flexibility index (Phi) is 11.0. The maximum absolute atomic E-state index is 11.7. The van der Waals surface area contributed by atoms with E-state index in [9.17, 15) is 25.2 Å². The van der Waals surface area contributed by atoms with Gasteiger partial charge < -0.3 is 72.8 Å². The van der Waals surface area contributed by atoms with E-state index in [1.807, 2.05) is 0 Å². The summed E-state index contributed by atoms with van der Waals surface area (Å²) in [5, 5.41) is 42.2. The molecule has 15 heteroatoms. The SMILES string of the molecule is [CH2]CCC(=O)OC[C@H]1O[C@@H](O[C@@H]2[C@H](O)[C@H](O[C@H]3O[C@H](CN)[C@@H](O)C[C@H]3N)[C@@H](N)C[C@H]2N)[C@H](O)[C@@H](N)[C@@H]1O. The number of aliphatic hydroxyl groups excluding tert-OH is 4. The van der Waals surface area contributed by atoms with Gasteiger partial charge in [-0.05, 0) is 19.3 Å². The highest BCUT2D eigenvalue weighted by Crippen LogP contribution is 2.31. The van der Waals surface area contributed by atoms with Crippen LogP contribution in [0.1, 0.15) is 25.7 Å². The highest BCUT2D eigenvalue weighted by Gasteiger charge is 2.50. The number of ether oxygens (including phenoxy) is 5. The predicted octanol–water partition coefficient (Wildman–Crippen LogP) is -5.13. The van der Waals surface area contributed by atoms with Gasteiger partial charge in [-0.1, -0.05) is 6.92 Å². The van der Waals surface area contributed by atoms with Crippen LogP contribution in [0.2, 0.25) is 0 Å². The summed E-state index contributed by atoms with van der Waals surface area (Å²) in [7, 11) is 0. The second-order valence-corrected chi connectivity index (χ2v) is 9.89. The molecule has 3 fully saturated rings. The van der Waals surface area contributed by atoms with Crippen LogP contribution in [0.4, 0.5) is 0 Å². The lowest BCUT2D eigenvalue weighted by atomic mass is 9.84. The minimum Gasteiger partial charge on any atom is -0.463 e.